The monoisotopic (exact) mass is 300 g/mol. The highest BCUT2D eigenvalue weighted by Gasteiger charge is 2.26. The quantitative estimate of drug-likeness (QED) is 0.885. The molecule has 0 saturated carbocycles. The van der Waals surface area contributed by atoms with E-state index in [0.29, 0.717) is 5.56 Å². The van der Waals surface area contributed by atoms with Gasteiger partial charge in [0.15, 0.2) is 0 Å². The molecule has 0 bridgehead atoms. The van der Waals surface area contributed by atoms with Crippen LogP contribution in [0.3, 0.4) is 0 Å². The van der Waals surface area contributed by atoms with Crippen LogP contribution in [0.1, 0.15) is 32.9 Å². The number of H-pyrrole nitrogens is 1. The van der Waals surface area contributed by atoms with Gasteiger partial charge in [0.1, 0.15) is 5.82 Å². The van der Waals surface area contributed by atoms with Gasteiger partial charge in [0.25, 0.3) is 0 Å². The topological polar surface area (TPSA) is 64.2 Å². The summed E-state index contributed by atoms with van der Waals surface area (Å²) in [5.74, 6) is 0.486. The van der Waals surface area contributed by atoms with Crippen LogP contribution in [0, 0.1) is 13.8 Å². The maximum atomic E-state index is 11.9. The van der Waals surface area contributed by atoms with E-state index in [2.05, 4.69) is 9.97 Å². The van der Waals surface area contributed by atoms with Gasteiger partial charge in [-0.05, 0) is 31.0 Å². The first-order chi connectivity index (χ1) is 10.5. The molecule has 1 aromatic carbocycles. The molecule has 0 amide bonds. The van der Waals surface area contributed by atoms with Gasteiger partial charge >= 0.3 is 5.97 Å². The summed E-state index contributed by atoms with van der Waals surface area (Å²) < 4.78 is 10.2. The first-order valence-electron chi connectivity index (χ1n) is 7.34. The molecule has 5 nitrogen and oxygen atoms in total. The van der Waals surface area contributed by atoms with E-state index < -0.39 is 0 Å². The van der Waals surface area contributed by atoms with Crippen molar-refractivity contribution in [2.24, 2.45) is 0 Å². The number of imidazole rings is 1. The van der Waals surface area contributed by atoms with Gasteiger partial charge in [-0.1, -0.05) is 6.07 Å². The van der Waals surface area contributed by atoms with Crippen molar-refractivity contribution < 1.29 is 14.3 Å². The fourth-order valence-corrected chi connectivity index (χ4v) is 3.03. The number of carbonyl (C=O) groups excluding carboxylic acids is 1. The SMILES string of the molecule is COC(=O)c1cc(-c2nc3c([nH]2)CC(OC)C3)c(C)cc1C. The standard InChI is InChI=1S/C17H20N2O3/c1-9-5-10(2)13(17(20)22-4)8-12(9)16-18-14-6-11(21-3)7-15(14)19-16/h5,8,11H,6-7H2,1-4H3,(H,18,19). The highest BCUT2D eigenvalue weighted by atomic mass is 16.5. The number of esters is 1. The lowest BCUT2D eigenvalue weighted by atomic mass is 9.99. The lowest BCUT2D eigenvalue weighted by Crippen LogP contribution is -2.10. The van der Waals surface area contributed by atoms with Crippen molar-refractivity contribution in [3.63, 3.8) is 0 Å². The fraction of sp³-hybridized carbons (Fsp3) is 0.412. The van der Waals surface area contributed by atoms with Crippen LogP contribution in [0.25, 0.3) is 11.4 Å². The zero-order valence-electron chi connectivity index (χ0n) is 13.3. The van der Waals surface area contributed by atoms with E-state index in [-0.39, 0.29) is 12.1 Å². The Balaban J connectivity index is 2.01. The Labute approximate surface area is 129 Å². The van der Waals surface area contributed by atoms with Gasteiger partial charge in [-0.15, -0.1) is 0 Å². The van der Waals surface area contributed by atoms with Gasteiger partial charge in [0, 0.05) is 31.2 Å². The van der Waals surface area contributed by atoms with Crippen molar-refractivity contribution in [2.45, 2.75) is 32.8 Å². The Hall–Kier alpha value is -2.14. The van der Waals surface area contributed by atoms with Crippen molar-refractivity contribution in [3.8, 4) is 11.4 Å². The third-order valence-electron chi connectivity index (χ3n) is 4.28. The number of carbonyl (C=O) groups is 1. The average molecular weight is 300 g/mol. The number of nitrogens with one attached hydrogen (secondary N) is 1. The van der Waals surface area contributed by atoms with Gasteiger partial charge in [-0.3, -0.25) is 0 Å². The van der Waals surface area contributed by atoms with E-state index in [1.807, 2.05) is 26.0 Å². The number of rotatable bonds is 3. The summed E-state index contributed by atoms with van der Waals surface area (Å²) in [6, 6.07) is 3.85. The number of benzene rings is 1. The molecular formula is C17H20N2O3. The zero-order chi connectivity index (χ0) is 15.9. The van der Waals surface area contributed by atoms with Gasteiger partial charge < -0.3 is 14.5 Å². The number of aromatic amines is 1. The second-order valence-corrected chi connectivity index (χ2v) is 5.75. The third kappa shape index (κ3) is 2.41. The van der Waals surface area contributed by atoms with Crippen LogP contribution >= 0.6 is 0 Å². The Kier molecular flexibility index (Phi) is 3.74. The maximum Gasteiger partial charge on any atom is 0.338 e. The number of fused-ring (bicyclic) bond motifs is 1. The van der Waals surface area contributed by atoms with Crippen molar-refractivity contribution in [1.29, 1.82) is 0 Å². The summed E-state index contributed by atoms with van der Waals surface area (Å²) in [5, 5.41) is 0. The molecule has 1 atom stereocenters. The van der Waals surface area contributed by atoms with E-state index in [0.717, 1.165) is 46.7 Å². The molecule has 0 spiro atoms. The molecule has 0 saturated heterocycles. The lowest BCUT2D eigenvalue weighted by molar-refractivity contribution is 0.0600. The Morgan fingerprint density at radius 3 is 2.64 bits per heavy atom. The summed E-state index contributed by atoms with van der Waals surface area (Å²) in [4.78, 5) is 19.9. The number of aromatic nitrogens is 2. The van der Waals surface area contributed by atoms with Crippen LogP contribution in [0.15, 0.2) is 12.1 Å². The van der Waals surface area contributed by atoms with E-state index in [4.69, 9.17) is 9.47 Å². The Morgan fingerprint density at radius 2 is 2.00 bits per heavy atom. The number of nitrogens with zero attached hydrogens (tertiary/aromatic N) is 1. The highest BCUT2D eigenvalue weighted by Crippen LogP contribution is 2.29. The van der Waals surface area contributed by atoms with E-state index in [9.17, 15) is 4.79 Å². The van der Waals surface area contributed by atoms with Gasteiger partial charge in [-0.25, -0.2) is 9.78 Å². The third-order valence-corrected chi connectivity index (χ3v) is 4.28. The summed E-state index contributed by atoms with van der Waals surface area (Å²) in [7, 11) is 3.12. The first-order valence-corrected chi connectivity index (χ1v) is 7.34. The fourth-order valence-electron chi connectivity index (χ4n) is 3.03. The Morgan fingerprint density at radius 1 is 1.23 bits per heavy atom. The molecule has 0 aliphatic heterocycles. The second kappa shape index (κ2) is 5.57. The van der Waals surface area contributed by atoms with Crippen LogP contribution in [0.4, 0.5) is 0 Å². The summed E-state index contributed by atoms with van der Waals surface area (Å²) >= 11 is 0. The number of ether oxygens (including phenoxy) is 2. The minimum atomic E-state index is -0.322. The smallest absolute Gasteiger partial charge is 0.338 e. The normalized spacial score (nSPS) is 14.2. The number of aryl methyl sites for hydroxylation is 2. The van der Waals surface area contributed by atoms with Crippen molar-refractivity contribution in [2.75, 3.05) is 14.2 Å². The van der Waals surface area contributed by atoms with Crippen molar-refractivity contribution in [3.05, 3.63) is 40.2 Å². The number of hydrogen-bond acceptors (Lipinski definition) is 4. The number of methoxy groups -OCH3 is 2. The predicted molar refractivity (Wildman–Crippen MR) is 83.0 cm³/mol. The van der Waals surface area contributed by atoms with Crippen LogP contribution in [-0.4, -0.2) is 36.3 Å². The molecule has 0 radical (unpaired) electrons. The minimum absolute atomic E-state index is 0.215. The lowest BCUT2D eigenvalue weighted by Gasteiger charge is -2.10. The molecule has 1 aromatic heterocycles. The molecule has 1 aliphatic carbocycles. The van der Waals surface area contributed by atoms with Gasteiger partial charge in [0.05, 0.1) is 24.5 Å². The first kappa shape index (κ1) is 14.8. The molecule has 2 aromatic rings. The van der Waals surface area contributed by atoms with E-state index >= 15 is 0 Å². The molecule has 1 unspecified atom stereocenters. The molecule has 3 rings (SSSR count). The van der Waals surface area contributed by atoms with Crippen molar-refractivity contribution >= 4 is 5.97 Å². The zero-order valence-corrected chi connectivity index (χ0v) is 13.3. The maximum absolute atomic E-state index is 11.9. The molecule has 0 fully saturated rings. The average Bonchev–Trinajstić information content (AvgIpc) is 3.04. The predicted octanol–water partition coefficient (Wildman–Crippen LogP) is 2.59. The molecule has 1 heterocycles. The molecule has 22 heavy (non-hydrogen) atoms. The molecule has 1 aliphatic rings. The Bertz CT molecular complexity index is 710. The minimum Gasteiger partial charge on any atom is -0.465 e. The molecule has 5 heteroatoms. The number of hydrogen-bond donors (Lipinski definition) is 1. The highest BCUT2D eigenvalue weighted by molar-refractivity contribution is 5.92. The van der Waals surface area contributed by atoms with Gasteiger partial charge in [0.2, 0.25) is 0 Å². The van der Waals surface area contributed by atoms with Crippen molar-refractivity contribution in [1.82, 2.24) is 9.97 Å². The molecular weight excluding hydrogens is 280 g/mol. The largest absolute Gasteiger partial charge is 0.465 e. The van der Waals surface area contributed by atoms with E-state index in [1.54, 1.807) is 7.11 Å². The van der Waals surface area contributed by atoms with Crippen LogP contribution < -0.4 is 0 Å². The summed E-state index contributed by atoms with van der Waals surface area (Å²) in [6.45, 7) is 3.93. The summed E-state index contributed by atoms with van der Waals surface area (Å²) in [5.41, 5.74) is 5.69. The van der Waals surface area contributed by atoms with E-state index in [1.165, 1.54) is 7.11 Å². The van der Waals surface area contributed by atoms with Crippen LogP contribution in [-0.2, 0) is 22.3 Å². The second-order valence-electron chi connectivity index (χ2n) is 5.75. The molecule has 1 N–H and O–H groups in total. The molecule has 116 valence electrons. The summed E-state index contributed by atoms with van der Waals surface area (Å²) in [6.07, 6.45) is 1.90. The van der Waals surface area contributed by atoms with Crippen LogP contribution in [0.2, 0.25) is 0 Å². The van der Waals surface area contributed by atoms with Crippen LogP contribution in [0.5, 0.6) is 0 Å². The van der Waals surface area contributed by atoms with Gasteiger partial charge in [-0.2, -0.15) is 0 Å².